The van der Waals surface area contributed by atoms with Gasteiger partial charge < -0.3 is 4.55 Å². The van der Waals surface area contributed by atoms with Crippen molar-refractivity contribution in [3.63, 3.8) is 0 Å². The Morgan fingerprint density at radius 3 is 2.60 bits per heavy atom. The van der Waals surface area contributed by atoms with Gasteiger partial charge in [-0.05, 0) is 30.7 Å². The molecule has 1 aromatic rings. The number of aryl methyl sites for hydroxylation is 1. The Morgan fingerprint density at radius 1 is 1.40 bits per heavy atom. The van der Waals surface area contributed by atoms with Crippen LogP contribution in [0.3, 0.4) is 0 Å². The van der Waals surface area contributed by atoms with E-state index in [1.807, 2.05) is 0 Å². The average molecular weight is 158 g/mol. The van der Waals surface area contributed by atoms with Gasteiger partial charge in [0.1, 0.15) is 5.82 Å². The lowest BCUT2D eigenvalue weighted by atomic mass is 10.2. The molecule has 1 rings (SSSR count). The highest BCUT2D eigenvalue weighted by atomic mass is 32.2. The van der Waals surface area contributed by atoms with Crippen LogP contribution in [-0.2, 0) is 0 Å². The maximum Gasteiger partial charge on any atom is 0.124 e. The molecular formula is C7H7FOS. The molecule has 0 amide bonds. The smallest absolute Gasteiger partial charge is 0.124 e. The first-order valence-corrected chi connectivity index (χ1v) is 3.58. The lowest BCUT2D eigenvalue weighted by molar-refractivity contribution is 0.619. The summed E-state index contributed by atoms with van der Waals surface area (Å²) < 4.78 is 21.0. The van der Waals surface area contributed by atoms with Gasteiger partial charge in [-0.2, -0.15) is 0 Å². The van der Waals surface area contributed by atoms with E-state index in [4.69, 9.17) is 4.55 Å². The summed E-state index contributed by atoms with van der Waals surface area (Å²) in [5, 5.41) is 0. The molecule has 0 spiro atoms. The normalized spacial score (nSPS) is 9.90. The van der Waals surface area contributed by atoms with Crippen molar-refractivity contribution in [3.05, 3.63) is 29.6 Å². The van der Waals surface area contributed by atoms with Gasteiger partial charge in [0.15, 0.2) is 0 Å². The lowest BCUT2D eigenvalue weighted by Crippen LogP contribution is -1.78. The first-order valence-electron chi connectivity index (χ1n) is 2.81. The Morgan fingerprint density at radius 2 is 2.10 bits per heavy atom. The summed E-state index contributed by atoms with van der Waals surface area (Å²) in [6.07, 6.45) is 0. The molecule has 0 atom stereocenters. The Kier molecular flexibility index (Phi) is 2.29. The highest BCUT2D eigenvalue weighted by Crippen LogP contribution is 2.16. The third kappa shape index (κ3) is 1.72. The maximum absolute atomic E-state index is 12.5. The van der Waals surface area contributed by atoms with Gasteiger partial charge in [0, 0.05) is 16.9 Å². The molecule has 0 bridgehead atoms. The van der Waals surface area contributed by atoms with E-state index in [1.165, 1.54) is 12.1 Å². The van der Waals surface area contributed by atoms with Crippen LogP contribution in [0.5, 0.6) is 0 Å². The highest BCUT2D eigenvalue weighted by Gasteiger charge is 1.95. The third-order valence-corrected chi connectivity index (χ3v) is 1.57. The van der Waals surface area contributed by atoms with Crippen molar-refractivity contribution in [2.75, 3.05) is 0 Å². The van der Waals surface area contributed by atoms with Gasteiger partial charge in [-0.1, -0.05) is 0 Å². The van der Waals surface area contributed by atoms with Crippen molar-refractivity contribution >= 4 is 12.0 Å². The largest absolute Gasteiger partial charge is 0.325 e. The monoisotopic (exact) mass is 158 g/mol. The van der Waals surface area contributed by atoms with E-state index in [0.717, 1.165) is 5.56 Å². The Hall–Kier alpha value is -0.540. The fourth-order valence-corrected chi connectivity index (χ4v) is 1.16. The molecule has 1 aromatic carbocycles. The minimum Gasteiger partial charge on any atom is -0.325 e. The van der Waals surface area contributed by atoms with Crippen LogP contribution in [0.1, 0.15) is 5.56 Å². The maximum atomic E-state index is 12.5. The van der Waals surface area contributed by atoms with Gasteiger partial charge in [-0.3, -0.25) is 0 Å². The topological polar surface area (TPSA) is 20.2 Å². The van der Waals surface area contributed by atoms with Crippen LogP contribution in [0.2, 0.25) is 0 Å². The van der Waals surface area contributed by atoms with Gasteiger partial charge in [0.2, 0.25) is 0 Å². The quantitative estimate of drug-likeness (QED) is 0.634. The van der Waals surface area contributed by atoms with E-state index in [0.29, 0.717) is 16.9 Å². The van der Waals surface area contributed by atoms with Crippen LogP contribution >= 0.6 is 12.0 Å². The van der Waals surface area contributed by atoms with E-state index in [1.54, 1.807) is 13.0 Å². The minimum absolute atomic E-state index is 0.309. The third-order valence-electron chi connectivity index (χ3n) is 1.12. The van der Waals surface area contributed by atoms with E-state index in [-0.39, 0.29) is 5.82 Å². The molecule has 0 fully saturated rings. The summed E-state index contributed by atoms with van der Waals surface area (Å²) in [5.41, 5.74) is 0.816. The van der Waals surface area contributed by atoms with Gasteiger partial charge in [-0.15, -0.1) is 0 Å². The molecule has 0 aliphatic rings. The number of hydrogen-bond donors (Lipinski definition) is 1. The van der Waals surface area contributed by atoms with Crippen LogP contribution < -0.4 is 0 Å². The SMILES string of the molecule is Cc1cc(F)cc(SO)c1. The van der Waals surface area contributed by atoms with Crippen molar-refractivity contribution < 1.29 is 8.94 Å². The molecule has 1 nitrogen and oxygen atoms in total. The molecule has 0 aliphatic carbocycles. The Labute approximate surface area is 63.1 Å². The van der Waals surface area contributed by atoms with Gasteiger partial charge in [-0.25, -0.2) is 4.39 Å². The molecule has 0 aliphatic heterocycles. The van der Waals surface area contributed by atoms with E-state index in [2.05, 4.69) is 0 Å². The number of benzene rings is 1. The Balaban J connectivity index is 3.06. The van der Waals surface area contributed by atoms with Crippen LogP contribution in [0.25, 0.3) is 0 Å². The van der Waals surface area contributed by atoms with Crippen molar-refractivity contribution in [1.29, 1.82) is 0 Å². The summed E-state index contributed by atoms with van der Waals surface area (Å²) in [7, 11) is 0. The molecule has 54 valence electrons. The molecule has 0 heterocycles. The van der Waals surface area contributed by atoms with E-state index >= 15 is 0 Å². The minimum atomic E-state index is -0.309. The summed E-state index contributed by atoms with van der Waals surface area (Å²) >= 11 is 0.557. The molecule has 3 heteroatoms. The standard InChI is InChI=1S/C7H7FOS/c1-5-2-6(8)4-7(3-5)10-9/h2-4,9H,1H3. The van der Waals surface area contributed by atoms with Crippen LogP contribution in [0.15, 0.2) is 23.1 Å². The van der Waals surface area contributed by atoms with E-state index in [9.17, 15) is 4.39 Å². The Bertz CT molecular complexity index is 217. The number of rotatable bonds is 1. The lowest BCUT2D eigenvalue weighted by Gasteiger charge is -1.96. The molecule has 0 radical (unpaired) electrons. The number of hydrogen-bond acceptors (Lipinski definition) is 2. The summed E-state index contributed by atoms with van der Waals surface area (Å²) in [6.45, 7) is 1.78. The van der Waals surface area contributed by atoms with Gasteiger partial charge >= 0.3 is 0 Å². The van der Waals surface area contributed by atoms with Crippen molar-refractivity contribution in [2.45, 2.75) is 11.8 Å². The van der Waals surface area contributed by atoms with Crippen LogP contribution in [0.4, 0.5) is 4.39 Å². The molecule has 0 aromatic heterocycles. The molecule has 1 N–H and O–H groups in total. The van der Waals surface area contributed by atoms with Crippen LogP contribution in [0, 0.1) is 12.7 Å². The second-order valence-corrected chi connectivity index (χ2v) is 2.71. The fourth-order valence-electron chi connectivity index (χ4n) is 0.755. The molecule has 10 heavy (non-hydrogen) atoms. The van der Waals surface area contributed by atoms with Crippen LogP contribution in [-0.4, -0.2) is 4.55 Å². The van der Waals surface area contributed by atoms with Crippen molar-refractivity contribution in [1.82, 2.24) is 0 Å². The molecular weight excluding hydrogens is 151 g/mol. The summed E-state index contributed by atoms with van der Waals surface area (Å²) in [4.78, 5) is 0.539. The first kappa shape index (κ1) is 7.57. The molecule has 0 saturated heterocycles. The second kappa shape index (κ2) is 3.03. The zero-order chi connectivity index (χ0) is 7.56. The molecule has 0 saturated carbocycles. The van der Waals surface area contributed by atoms with Gasteiger partial charge in [0.05, 0.1) is 0 Å². The van der Waals surface area contributed by atoms with E-state index < -0.39 is 0 Å². The predicted octanol–water partition coefficient (Wildman–Crippen LogP) is 2.70. The first-order chi connectivity index (χ1) is 4.72. The second-order valence-electron chi connectivity index (χ2n) is 2.06. The molecule has 0 unspecified atom stereocenters. The average Bonchev–Trinajstić information content (AvgIpc) is 1.85. The van der Waals surface area contributed by atoms with Crippen molar-refractivity contribution in [3.8, 4) is 0 Å². The van der Waals surface area contributed by atoms with Crippen molar-refractivity contribution in [2.24, 2.45) is 0 Å². The summed E-state index contributed by atoms with van der Waals surface area (Å²) in [6, 6.07) is 4.42. The zero-order valence-corrected chi connectivity index (χ0v) is 6.28. The van der Waals surface area contributed by atoms with Gasteiger partial charge in [0.25, 0.3) is 0 Å². The fraction of sp³-hybridized carbons (Fsp3) is 0.143. The zero-order valence-electron chi connectivity index (χ0n) is 5.47. The highest BCUT2D eigenvalue weighted by molar-refractivity contribution is 7.93. The predicted molar refractivity (Wildman–Crippen MR) is 39.6 cm³/mol. The summed E-state index contributed by atoms with van der Waals surface area (Å²) in [5.74, 6) is -0.309. The number of halogens is 1.